The lowest BCUT2D eigenvalue weighted by molar-refractivity contribution is 0.174. The number of rotatable bonds is 4. The molecule has 1 aliphatic rings. The van der Waals surface area contributed by atoms with E-state index < -0.39 is 15.8 Å². The molecule has 0 spiro atoms. The topological polar surface area (TPSA) is 57.5 Å². The molecular weight excluding hydrogens is 437 g/mol. The highest BCUT2D eigenvalue weighted by Gasteiger charge is 2.25. The lowest BCUT2D eigenvalue weighted by atomic mass is 10.1. The number of hydrogen-bond acceptors (Lipinski definition) is 5. The molecule has 0 fully saturated rings. The van der Waals surface area contributed by atoms with Crippen molar-refractivity contribution in [2.75, 3.05) is 13.2 Å². The molecule has 1 aliphatic heterocycles. The molecule has 5 nitrogen and oxygen atoms in total. The van der Waals surface area contributed by atoms with Crippen LogP contribution in [0.5, 0.6) is 11.5 Å². The number of ether oxygens (including phenoxy) is 2. The summed E-state index contributed by atoms with van der Waals surface area (Å²) in [6.07, 6.45) is 1.51. The molecule has 0 aliphatic carbocycles. The van der Waals surface area contributed by atoms with Crippen LogP contribution in [-0.4, -0.2) is 25.6 Å². The number of hydrogen-bond donors (Lipinski definition) is 0. The summed E-state index contributed by atoms with van der Waals surface area (Å²) in [6.45, 7) is 2.72. The molecule has 0 saturated heterocycles. The predicted octanol–water partition coefficient (Wildman–Crippen LogP) is 5.34. The van der Waals surface area contributed by atoms with E-state index in [4.69, 9.17) is 9.47 Å². The average molecular weight is 456 g/mol. The molecule has 2 aromatic heterocycles. The van der Waals surface area contributed by atoms with Crippen molar-refractivity contribution in [3.05, 3.63) is 77.6 Å². The highest BCUT2D eigenvalue weighted by Crippen LogP contribution is 2.46. The Labute approximate surface area is 183 Å². The first-order valence-corrected chi connectivity index (χ1v) is 11.9. The van der Waals surface area contributed by atoms with Gasteiger partial charge in [0, 0.05) is 17.1 Å². The van der Waals surface area contributed by atoms with Crippen molar-refractivity contribution in [1.29, 1.82) is 0 Å². The van der Waals surface area contributed by atoms with Crippen LogP contribution in [0.15, 0.2) is 71.1 Å². The van der Waals surface area contributed by atoms with Crippen LogP contribution in [0.2, 0.25) is 0 Å². The third-order valence-electron chi connectivity index (χ3n) is 5.03. The van der Waals surface area contributed by atoms with E-state index in [0.717, 1.165) is 14.4 Å². The Balaban J connectivity index is 1.62. The van der Waals surface area contributed by atoms with Gasteiger partial charge in [0.1, 0.15) is 19.0 Å². The summed E-state index contributed by atoms with van der Waals surface area (Å²) in [4.78, 5) is 0.918. The summed E-state index contributed by atoms with van der Waals surface area (Å²) in [5, 5.41) is 1.86. The third-order valence-corrected chi connectivity index (χ3v) is 7.69. The second-order valence-electron chi connectivity index (χ2n) is 7.17. The second kappa shape index (κ2) is 7.55. The monoisotopic (exact) mass is 455 g/mol. The molecule has 31 heavy (non-hydrogen) atoms. The van der Waals surface area contributed by atoms with Gasteiger partial charge >= 0.3 is 0 Å². The van der Waals surface area contributed by atoms with E-state index in [1.165, 1.54) is 29.7 Å². The van der Waals surface area contributed by atoms with Gasteiger partial charge in [-0.25, -0.2) is 16.8 Å². The van der Waals surface area contributed by atoms with E-state index in [1.54, 1.807) is 43.3 Å². The smallest absolute Gasteiger partial charge is 0.268 e. The molecule has 0 atom stereocenters. The van der Waals surface area contributed by atoms with Crippen LogP contribution in [0.25, 0.3) is 21.7 Å². The molecule has 0 bridgehead atoms. The van der Waals surface area contributed by atoms with Gasteiger partial charge in [-0.1, -0.05) is 24.3 Å². The van der Waals surface area contributed by atoms with E-state index in [1.807, 2.05) is 11.4 Å². The number of benzene rings is 2. The Bertz CT molecular complexity index is 1390. The summed E-state index contributed by atoms with van der Waals surface area (Å²) in [5.74, 6) is 0.824. The molecule has 0 saturated carbocycles. The Kier molecular flexibility index (Phi) is 4.83. The zero-order chi connectivity index (χ0) is 21.6. The van der Waals surface area contributed by atoms with Gasteiger partial charge in [-0.3, -0.25) is 0 Å². The number of aromatic nitrogens is 1. The third kappa shape index (κ3) is 3.41. The van der Waals surface area contributed by atoms with E-state index >= 15 is 0 Å². The van der Waals surface area contributed by atoms with Gasteiger partial charge in [0.2, 0.25) is 0 Å². The average Bonchev–Trinajstić information content (AvgIpc) is 3.38. The Morgan fingerprint density at radius 1 is 1.03 bits per heavy atom. The summed E-state index contributed by atoms with van der Waals surface area (Å²) in [6, 6.07) is 14.5. The molecule has 5 rings (SSSR count). The Hall–Kier alpha value is -3.10. The molecule has 2 aromatic carbocycles. The van der Waals surface area contributed by atoms with Crippen molar-refractivity contribution in [2.24, 2.45) is 0 Å². The van der Waals surface area contributed by atoms with Crippen LogP contribution in [0, 0.1) is 12.7 Å². The van der Waals surface area contributed by atoms with Crippen LogP contribution < -0.4 is 9.47 Å². The first-order chi connectivity index (χ1) is 14.9. The normalized spacial score (nSPS) is 13.4. The van der Waals surface area contributed by atoms with E-state index in [0.29, 0.717) is 30.3 Å². The molecular formula is C23H18FNO4S2. The number of halogens is 1. The maximum Gasteiger partial charge on any atom is 0.268 e. The van der Waals surface area contributed by atoms with Crippen molar-refractivity contribution < 1.29 is 22.3 Å². The van der Waals surface area contributed by atoms with Crippen molar-refractivity contribution >= 4 is 21.4 Å². The number of nitrogens with zero attached hydrogens (tertiary/aromatic N) is 1. The van der Waals surface area contributed by atoms with Crippen molar-refractivity contribution in [2.45, 2.75) is 11.8 Å². The fourth-order valence-corrected chi connectivity index (χ4v) is 6.01. The minimum atomic E-state index is -3.97. The predicted molar refractivity (Wildman–Crippen MR) is 118 cm³/mol. The molecule has 4 aromatic rings. The Morgan fingerprint density at radius 2 is 1.84 bits per heavy atom. The molecule has 8 heteroatoms. The van der Waals surface area contributed by atoms with E-state index in [-0.39, 0.29) is 16.2 Å². The lowest BCUT2D eigenvalue weighted by Gasteiger charge is -2.16. The zero-order valence-electron chi connectivity index (χ0n) is 16.5. The van der Waals surface area contributed by atoms with Crippen molar-refractivity contribution in [3.63, 3.8) is 0 Å². The summed E-state index contributed by atoms with van der Waals surface area (Å²) in [5.41, 5.74) is 1.95. The molecule has 0 radical (unpaired) electrons. The quantitative estimate of drug-likeness (QED) is 0.417. The van der Waals surface area contributed by atoms with Crippen LogP contribution in [0.3, 0.4) is 0 Å². The number of aryl methyl sites for hydroxylation is 1. The second-order valence-corrected chi connectivity index (χ2v) is 9.86. The van der Waals surface area contributed by atoms with Gasteiger partial charge in [-0.05, 0) is 48.4 Å². The molecule has 158 valence electrons. The highest BCUT2D eigenvalue weighted by molar-refractivity contribution is 7.90. The molecule has 0 unspecified atom stereocenters. The molecule has 3 heterocycles. The first kappa shape index (κ1) is 19.8. The standard InChI is InChI=1S/C23H18FNO4S2/c1-15-11-20(18-7-2-3-8-19(18)24)25(13-15)31(26,27)17-6-4-5-16(12-17)23-22-21(14-30-23)28-9-10-29-22/h2-8,11-14H,9-10H2,1H3. The van der Waals surface area contributed by atoms with Gasteiger partial charge in [0.25, 0.3) is 10.0 Å². The summed E-state index contributed by atoms with van der Waals surface area (Å²) >= 11 is 1.44. The minimum Gasteiger partial charge on any atom is -0.485 e. The van der Waals surface area contributed by atoms with E-state index in [2.05, 4.69) is 0 Å². The summed E-state index contributed by atoms with van der Waals surface area (Å²) < 4.78 is 54.0. The summed E-state index contributed by atoms with van der Waals surface area (Å²) in [7, 11) is -3.97. The van der Waals surface area contributed by atoms with Gasteiger partial charge < -0.3 is 9.47 Å². The number of thiophene rings is 1. The van der Waals surface area contributed by atoms with E-state index in [9.17, 15) is 12.8 Å². The largest absolute Gasteiger partial charge is 0.485 e. The van der Waals surface area contributed by atoms with Crippen LogP contribution >= 0.6 is 11.3 Å². The molecule has 0 N–H and O–H groups in total. The zero-order valence-corrected chi connectivity index (χ0v) is 18.2. The SMILES string of the molecule is Cc1cc(-c2ccccc2F)n(S(=O)(=O)c2cccc(-c3scc4c3OCCO4)c2)c1. The van der Waals surface area contributed by atoms with Crippen LogP contribution in [0.4, 0.5) is 4.39 Å². The fourth-order valence-electron chi connectivity index (χ4n) is 3.61. The van der Waals surface area contributed by atoms with Gasteiger partial charge in [-0.15, -0.1) is 11.3 Å². The highest BCUT2D eigenvalue weighted by atomic mass is 32.2. The maximum absolute atomic E-state index is 14.4. The van der Waals surface area contributed by atoms with Crippen LogP contribution in [-0.2, 0) is 10.0 Å². The van der Waals surface area contributed by atoms with Crippen molar-refractivity contribution in [1.82, 2.24) is 3.97 Å². The molecule has 0 amide bonds. The fraction of sp³-hybridized carbons (Fsp3) is 0.130. The maximum atomic E-state index is 14.4. The van der Waals surface area contributed by atoms with Crippen molar-refractivity contribution in [3.8, 4) is 33.2 Å². The minimum absolute atomic E-state index is 0.108. The van der Waals surface area contributed by atoms with Gasteiger partial charge in [-0.2, -0.15) is 0 Å². The number of fused-ring (bicyclic) bond motifs is 1. The van der Waals surface area contributed by atoms with Gasteiger partial charge in [0.05, 0.1) is 15.5 Å². The van der Waals surface area contributed by atoms with Crippen LogP contribution in [0.1, 0.15) is 5.56 Å². The first-order valence-electron chi connectivity index (χ1n) is 9.62. The Morgan fingerprint density at radius 3 is 2.68 bits per heavy atom. The van der Waals surface area contributed by atoms with Gasteiger partial charge in [0.15, 0.2) is 11.5 Å². The lowest BCUT2D eigenvalue weighted by Crippen LogP contribution is -2.14.